The number of halogens is 1. The number of aryl methyl sites for hydroxylation is 2. The minimum atomic E-state index is -0.155. The monoisotopic (exact) mass is 381 g/mol. The highest BCUT2D eigenvalue weighted by Crippen LogP contribution is 2.18. The SMILES string of the molecule is Cc1cc(I)ccc1NC(=O)COc1ccccc1C. The fraction of sp³-hybridized carbons (Fsp3) is 0.188. The van der Waals surface area contributed by atoms with Crippen molar-refractivity contribution in [2.24, 2.45) is 0 Å². The summed E-state index contributed by atoms with van der Waals surface area (Å²) in [6, 6.07) is 13.5. The number of hydrogen-bond donors (Lipinski definition) is 1. The van der Waals surface area contributed by atoms with E-state index in [2.05, 4.69) is 27.9 Å². The zero-order valence-electron chi connectivity index (χ0n) is 11.4. The number of hydrogen-bond acceptors (Lipinski definition) is 2. The molecule has 0 aliphatic heterocycles. The van der Waals surface area contributed by atoms with Gasteiger partial charge in [-0.25, -0.2) is 0 Å². The second-order valence-electron chi connectivity index (χ2n) is 4.56. The van der Waals surface area contributed by atoms with E-state index in [4.69, 9.17) is 4.74 Å². The number of carbonyl (C=O) groups excluding carboxylic acids is 1. The molecule has 0 unspecified atom stereocenters. The van der Waals surface area contributed by atoms with Crippen molar-refractivity contribution in [1.82, 2.24) is 0 Å². The van der Waals surface area contributed by atoms with E-state index in [1.54, 1.807) is 0 Å². The third-order valence-corrected chi connectivity index (χ3v) is 3.59. The molecule has 20 heavy (non-hydrogen) atoms. The quantitative estimate of drug-likeness (QED) is 0.816. The number of anilines is 1. The van der Waals surface area contributed by atoms with Gasteiger partial charge in [0, 0.05) is 9.26 Å². The van der Waals surface area contributed by atoms with Gasteiger partial charge >= 0.3 is 0 Å². The van der Waals surface area contributed by atoms with Crippen LogP contribution in [0.4, 0.5) is 5.69 Å². The molecule has 2 aromatic carbocycles. The van der Waals surface area contributed by atoms with Gasteiger partial charge in [0.25, 0.3) is 5.91 Å². The number of ether oxygens (including phenoxy) is 1. The molecule has 0 heterocycles. The number of nitrogens with one attached hydrogen (secondary N) is 1. The summed E-state index contributed by atoms with van der Waals surface area (Å²) in [5.74, 6) is 0.583. The maximum Gasteiger partial charge on any atom is 0.262 e. The summed E-state index contributed by atoms with van der Waals surface area (Å²) in [5, 5.41) is 2.86. The first-order valence-corrected chi connectivity index (χ1v) is 7.38. The Bertz CT molecular complexity index is 626. The van der Waals surface area contributed by atoms with Crippen LogP contribution in [0.15, 0.2) is 42.5 Å². The molecule has 0 fully saturated rings. The Kier molecular flexibility index (Phi) is 5.00. The van der Waals surface area contributed by atoms with Crippen molar-refractivity contribution in [3.05, 3.63) is 57.2 Å². The van der Waals surface area contributed by atoms with Crippen LogP contribution in [0, 0.1) is 17.4 Å². The van der Waals surface area contributed by atoms with E-state index in [-0.39, 0.29) is 12.5 Å². The molecular formula is C16H16INO2. The Hall–Kier alpha value is -1.56. The standard InChI is InChI=1S/C16H16INO2/c1-11-5-3-4-6-15(11)20-10-16(19)18-14-8-7-13(17)9-12(14)2/h3-9H,10H2,1-2H3,(H,18,19). The van der Waals surface area contributed by atoms with Gasteiger partial charge in [-0.3, -0.25) is 4.79 Å². The summed E-state index contributed by atoms with van der Waals surface area (Å²) < 4.78 is 6.67. The lowest BCUT2D eigenvalue weighted by Crippen LogP contribution is -2.20. The van der Waals surface area contributed by atoms with E-state index < -0.39 is 0 Å². The topological polar surface area (TPSA) is 38.3 Å². The van der Waals surface area contributed by atoms with Crippen molar-refractivity contribution in [2.45, 2.75) is 13.8 Å². The molecule has 0 aliphatic rings. The molecule has 0 bridgehead atoms. The second-order valence-corrected chi connectivity index (χ2v) is 5.81. The molecular weight excluding hydrogens is 365 g/mol. The maximum absolute atomic E-state index is 11.9. The summed E-state index contributed by atoms with van der Waals surface area (Å²) in [5.41, 5.74) is 2.88. The predicted octanol–water partition coefficient (Wildman–Crippen LogP) is 3.93. The average Bonchev–Trinajstić information content (AvgIpc) is 2.41. The van der Waals surface area contributed by atoms with Crippen LogP contribution in [-0.4, -0.2) is 12.5 Å². The third kappa shape index (κ3) is 3.96. The Balaban J connectivity index is 1.94. The molecule has 4 heteroatoms. The first kappa shape index (κ1) is 14.8. The van der Waals surface area contributed by atoms with Crippen LogP contribution in [0.5, 0.6) is 5.75 Å². The molecule has 3 nitrogen and oxygen atoms in total. The number of carbonyl (C=O) groups is 1. The highest BCUT2D eigenvalue weighted by atomic mass is 127. The molecule has 0 spiro atoms. The van der Waals surface area contributed by atoms with Gasteiger partial charge in [-0.1, -0.05) is 18.2 Å². The molecule has 2 aromatic rings. The largest absolute Gasteiger partial charge is 0.483 e. The van der Waals surface area contributed by atoms with Crippen molar-refractivity contribution in [2.75, 3.05) is 11.9 Å². The number of rotatable bonds is 4. The second kappa shape index (κ2) is 6.74. The zero-order chi connectivity index (χ0) is 14.5. The average molecular weight is 381 g/mol. The predicted molar refractivity (Wildman–Crippen MR) is 89.2 cm³/mol. The molecule has 0 aromatic heterocycles. The van der Waals surface area contributed by atoms with Gasteiger partial charge in [0.15, 0.2) is 6.61 Å². The maximum atomic E-state index is 11.9. The van der Waals surface area contributed by atoms with Crippen LogP contribution in [0.25, 0.3) is 0 Å². The molecule has 0 atom stereocenters. The van der Waals surface area contributed by atoms with E-state index in [0.29, 0.717) is 0 Å². The van der Waals surface area contributed by atoms with Crippen molar-refractivity contribution >= 4 is 34.2 Å². The van der Waals surface area contributed by atoms with Crippen molar-refractivity contribution in [1.29, 1.82) is 0 Å². The number of benzene rings is 2. The summed E-state index contributed by atoms with van der Waals surface area (Å²) in [6.07, 6.45) is 0. The lowest BCUT2D eigenvalue weighted by atomic mass is 10.2. The Morgan fingerprint density at radius 3 is 2.60 bits per heavy atom. The Morgan fingerprint density at radius 1 is 1.15 bits per heavy atom. The molecule has 1 N–H and O–H groups in total. The summed E-state index contributed by atoms with van der Waals surface area (Å²) in [6.45, 7) is 3.94. The number of amides is 1. The fourth-order valence-corrected chi connectivity index (χ4v) is 2.46. The summed E-state index contributed by atoms with van der Waals surface area (Å²) in [4.78, 5) is 11.9. The third-order valence-electron chi connectivity index (χ3n) is 2.91. The van der Waals surface area contributed by atoms with Crippen LogP contribution in [-0.2, 0) is 4.79 Å². The lowest BCUT2D eigenvalue weighted by Gasteiger charge is -2.11. The number of para-hydroxylation sites is 1. The Labute approximate surface area is 132 Å². The summed E-state index contributed by atoms with van der Waals surface area (Å²) >= 11 is 2.25. The molecule has 0 aliphatic carbocycles. The van der Waals surface area contributed by atoms with Crippen LogP contribution in [0.2, 0.25) is 0 Å². The van der Waals surface area contributed by atoms with Crippen molar-refractivity contribution < 1.29 is 9.53 Å². The minimum Gasteiger partial charge on any atom is -0.483 e. The first-order chi connectivity index (χ1) is 9.56. The van der Waals surface area contributed by atoms with E-state index in [1.807, 2.05) is 56.3 Å². The van der Waals surface area contributed by atoms with E-state index in [0.717, 1.165) is 26.1 Å². The highest BCUT2D eigenvalue weighted by molar-refractivity contribution is 14.1. The van der Waals surface area contributed by atoms with Crippen LogP contribution in [0.3, 0.4) is 0 Å². The van der Waals surface area contributed by atoms with Gasteiger partial charge in [-0.05, 0) is 71.8 Å². The summed E-state index contributed by atoms with van der Waals surface area (Å²) in [7, 11) is 0. The fourth-order valence-electron chi connectivity index (χ4n) is 1.82. The van der Waals surface area contributed by atoms with Crippen molar-refractivity contribution in [3.8, 4) is 5.75 Å². The van der Waals surface area contributed by atoms with Crippen LogP contribution in [0.1, 0.15) is 11.1 Å². The molecule has 104 valence electrons. The van der Waals surface area contributed by atoms with Gasteiger partial charge in [0.2, 0.25) is 0 Å². The zero-order valence-corrected chi connectivity index (χ0v) is 13.6. The van der Waals surface area contributed by atoms with Crippen LogP contribution >= 0.6 is 22.6 Å². The molecule has 0 radical (unpaired) electrons. The smallest absolute Gasteiger partial charge is 0.262 e. The molecule has 0 saturated carbocycles. The van der Waals surface area contributed by atoms with Gasteiger partial charge < -0.3 is 10.1 Å². The van der Waals surface area contributed by atoms with E-state index in [9.17, 15) is 4.79 Å². The Morgan fingerprint density at radius 2 is 1.90 bits per heavy atom. The lowest BCUT2D eigenvalue weighted by molar-refractivity contribution is -0.118. The normalized spacial score (nSPS) is 10.2. The van der Waals surface area contributed by atoms with Gasteiger partial charge in [0.05, 0.1) is 0 Å². The minimum absolute atomic E-state index is 0.0102. The van der Waals surface area contributed by atoms with Gasteiger partial charge in [0.1, 0.15) is 5.75 Å². The van der Waals surface area contributed by atoms with Crippen molar-refractivity contribution in [3.63, 3.8) is 0 Å². The van der Waals surface area contributed by atoms with Gasteiger partial charge in [-0.2, -0.15) is 0 Å². The molecule has 0 saturated heterocycles. The van der Waals surface area contributed by atoms with E-state index >= 15 is 0 Å². The highest BCUT2D eigenvalue weighted by Gasteiger charge is 2.07. The van der Waals surface area contributed by atoms with E-state index in [1.165, 1.54) is 0 Å². The first-order valence-electron chi connectivity index (χ1n) is 6.30. The molecule has 2 rings (SSSR count). The van der Waals surface area contributed by atoms with Gasteiger partial charge in [-0.15, -0.1) is 0 Å². The molecule has 1 amide bonds. The van der Waals surface area contributed by atoms with Crippen LogP contribution < -0.4 is 10.1 Å².